The minimum atomic E-state index is -0.518. The van der Waals surface area contributed by atoms with Crippen LogP contribution >= 0.6 is 12.6 Å². The summed E-state index contributed by atoms with van der Waals surface area (Å²) in [5, 5.41) is 10.4. The molecule has 72 valence electrons. The average molecular weight is 188 g/mol. The van der Waals surface area contributed by atoms with Crippen molar-refractivity contribution >= 4 is 12.6 Å². The van der Waals surface area contributed by atoms with Crippen molar-refractivity contribution in [2.45, 2.75) is 50.9 Å². The van der Waals surface area contributed by atoms with E-state index in [2.05, 4.69) is 33.4 Å². The molecule has 1 saturated carbocycles. The lowest BCUT2D eigenvalue weighted by atomic mass is 9.73. The molecule has 1 fully saturated rings. The molecular formula is C10H20OS. The van der Waals surface area contributed by atoms with Gasteiger partial charge in [0.15, 0.2) is 0 Å². The standard InChI is InChI=1S/C10H20OS/c1-7(2)10(11)5-4-8(3)6-9(10)12/h7-9,11-12H,4-6H2,1-3H3. The van der Waals surface area contributed by atoms with Gasteiger partial charge in [0.05, 0.1) is 5.60 Å². The Balaban J connectivity index is 2.66. The highest BCUT2D eigenvalue weighted by molar-refractivity contribution is 7.81. The van der Waals surface area contributed by atoms with Gasteiger partial charge in [-0.25, -0.2) is 0 Å². The van der Waals surface area contributed by atoms with Crippen molar-refractivity contribution in [2.75, 3.05) is 0 Å². The summed E-state index contributed by atoms with van der Waals surface area (Å²) in [5.74, 6) is 1.05. The topological polar surface area (TPSA) is 20.2 Å². The molecule has 1 rings (SSSR count). The first-order valence-corrected chi connectivity index (χ1v) is 5.39. The second-order valence-electron chi connectivity index (χ2n) is 4.54. The zero-order valence-electron chi connectivity index (χ0n) is 8.25. The number of thiol groups is 1. The second-order valence-corrected chi connectivity index (χ2v) is 5.16. The van der Waals surface area contributed by atoms with Crippen LogP contribution in [0.5, 0.6) is 0 Å². The molecule has 1 aliphatic carbocycles. The van der Waals surface area contributed by atoms with E-state index in [0.29, 0.717) is 5.92 Å². The minimum Gasteiger partial charge on any atom is -0.388 e. The molecule has 0 aromatic heterocycles. The SMILES string of the molecule is CC1CCC(O)(C(C)C)C(S)C1. The molecule has 12 heavy (non-hydrogen) atoms. The van der Waals surface area contributed by atoms with E-state index in [9.17, 15) is 5.11 Å². The van der Waals surface area contributed by atoms with Crippen LogP contribution in [-0.2, 0) is 0 Å². The largest absolute Gasteiger partial charge is 0.388 e. The molecule has 0 aromatic rings. The summed E-state index contributed by atoms with van der Waals surface area (Å²) in [6.07, 6.45) is 3.11. The van der Waals surface area contributed by atoms with Crippen molar-refractivity contribution in [3.8, 4) is 0 Å². The molecule has 0 aromatic carbocycles. The lowest BCUT2D eigenvalue weighted by Gasteiger charge is -2.42. The van der Waals surface area contributed by atoms with E-state index in [-0.39, 0.29) is 5.25 Å². The smallest absolute Gasteiger partial charge is 0.0786 e. The Bertz CT molecular complexity index is 158. The zero-order chi connectivity index (χ0) is 9.35. The number of rotatable bonds is 1. The number of hydrogen-bond donors (Lipinski definition) is 2. The monoisotopic (exact) mass is 188 g/mol. The van der Waals surface area contributed by atoms with Gasteiger partial charge in [-0.05, 0) is 31.1 Å². The van der Waals surface area contributed by atoms with Gasteiger partial charge in [-0.1, -0.05) is 20.8 Å². The maximum atomic E-state index is 10.3. The van der Waals surface area contributed by atoms with Crippen LogP contribution < -0.4 is 0 Å². The normalized spacial score (nSPS) is 43.5. The molecular weight excluding hydrogens is 168 g/mol. The van der Waals surface area contributed by atoms with Crippen molar-refractivity contribution in [1.82, 2.24) is 0 Å². The Morgan fingerprint density at radius 2 is 2.08 bits per heavy atom. The zero-order valence-corrected chi connectivity index (χ0v) is 9.14. The fourth-order valence-corrected chi connectivity index (χ4v) is 2.81. The van der Waals surface area contributed by atoms with Crippen LogP contribution in [0.3, 0.4) is 0 Å². The number of aliphatic hydroxyl groups is 1. The average Bonchev–Trinajstić information content (AvgIpc) is 1.97. The second kappa shape index (κ2) is 3.59. The summed E-state index contributed by atoms with van der Waals surface area (Å²) < 4.78 is 0. The van der Waals surface area contributed by atoms with Crippen molar-refractivity contribution in [3.63, 3.8) is 0 Å². The molecule has 1 aliphatic rings. The van der Waals surface area contributed by atoms with E-state index in [0.717, 1.165) is 25.2 Å². The molecule has 0 bridgehead atoms. The third-order valence-corrected chi connectivity index (χ3v) is 3.90. The van der Waals surface area contributed by atoms with Gasteiger partial charge >= 0.3 is 0 Å². The lowest BCUT2D eigenvalue weighted by Crippen LogP contribution is -2.47. The van der Waals surface area contributed by atoms with Gasteiger partial charge in [0, 0.05) is 5.25 Å². The summed E-state index contributed by atoms with van der Waals surface area (Å²) >= 11 is 4.49. The van der Waals surface area contributed by atoms with Crippen LogP contribution in [-0.4, -0.2) is 16.0 Å². The van der Waals surface area contributed by atoms with E-state index >= 15 is 0 Å². The molecule has 2 heteroatoms. The molecule has 0 aliphatic heterocycles. The van der Waals surface area contributed by atoms with E-state index in [1.54, 1.807) is 0 Å². The molecule has 3 atom stereocenters. The Hall–Kier alpha value is 0.310. The highest BCUT2D eigenvalue weighted by Gasteiger charge is 2.41. The first kappa shape index (κ1) is 10.4. The first-order chi connectivity index (χ1) is 5.47. The molecule has 0 radical (unpaired) electrons. The van der Waals surface area contributed by atoms with E-state index in [1.807, 2.05) is 0 Å². The van der Waals surface area contributed by atoms with E-state index in [1.165, 1.54) is 0 Å². The third-order valence-electron chi connectivity index (χ3n) is 3.24. The summed E-state index contributed by atoms with van der Waals surface area (Å²) in [6, 6.07) is 0. The summed E-state index contributed by atoms with van der Waals surface area (Å²) in [4.78, 5) is 0. The molecule has 1 N–H and O–H groups in total. The van der Waals surface area contributed by atoms with Crippen LogP contribution in [0.1, 0.15) is 40.0 Å². The fraction of sp³-hybridized carbons (Fsp3) is 1.00. The summed E-state index contributed by atoms with van der Waals surface area (Å²) in [7, 11) is 0. The lowest BCUT2D eigenvalue weighted by molar-refractivity contribution is -0.0391. The molecule has 1 nitrogen and oxygen atoms in total. The van der Waals surface area contributed by atoms with Crippen molar-refractivity contribution < 1.29 is 5.11 Å². The molecule has 0 saturated heterocycles. The van der Waals surface area contributed by atoms with Crippen molar-refractivity contribution in [2.24, 2.45) is 11.8 Å². The molecule has 0 amide bonds. The molecule has 0 heterocycles. The summed E-state index contributed by atoms with van der Waals surface area (Å²) in [5.41, 5.74) is -0.518. The van der Waals surface area contributed by atoms with Gasteiger partial charge < -0.3 is 5.11 Å². The predicted molar refractivity (Wildman–Crippen MR) is 55.6 cm³/mol. The van der Waals surface area contributed by atoms with Gasteiger partial charge in [0.1, 0.15) is 0 Å². The van der Waals surface area contributed by atoms with Gasteiger partial charge in [0.2, 0.25) is 0 Å². The van der Waals surface area contributed by atoms with Crippen LogP contribution in [0.4, 0.5) is 0 Å². The predicted octanol–water partition coefficient (Wildman–Crippen LogP) is 2.49. The minimum absolute atomic E-state index is 0.168. The first-order valence-electron chi connectivity index (χ1n) is 4.87. The maximum Gasteiger partial charge on any atom is 0.0786 e. The van der Waals surface area contributed by atoms with Crippen LogP contribution in [0.25, 0.3) is 0 Å². The fourth-order valence-electron chi connectivity index (χ4n) is 2.02. The Morgan fingerprint density at radius 3 is 2.50 bits per heavy atom. The third kappa shape index (κ3) is 1.80. The van der Waals surface area contributed by atoms with Gasteiger partial charge in [-0.2, -0.15) is 12.6 Å². The quantitative estimate of drug-likeness (QED) is 0.606. The van der Waals surface area contributed by atoms with Crippen molar-refractivity contribution in [3.05, 3.63) is 0 Å². The Kier molecular flexibility index (Phi) is 3.11. The Morgan fingerprint density at radius 1 is 1.50 bits per heavy atom. The number of hydrogen-bond acceptors (Lipinski definition) is 2. The van der Waals surface area contributed by atoms with Gasteiger partial charge in [0.25, 0.3) is 0 Å². The van der Waals surface area contributed by atoms with Gasteiger partial charge in [-0.3, -0.25) is 0 Å². The maximum absolute atomic E-state index is 10.3. The van der Waals surface area contributed by atoms with Crippen LogP contribution in [0, 0.1) is 11.8 Å². The van der Waals surface area contributed by atoms with E-state index in [4.69, 9.17) is 0 Å². The van der Waals surface area contributed by atoms with Gasteiger partial charge in [-0.15, -0.1) is 0 Å². The van der Waals surface area contributed by atoms with Crippen LogP contribution in [0.2, 0.25) is 0 Å². The molecule has 3 unspecified atom stereocenters. The highest BCUT2D eigenvalue weighted by Crippen LogP contribution is 2.39. The van der Waals surface area contributed by atoms with Crippen molar-refractivity contribution in [1.29, 1.82) is 0 Å². The van der Waals surface area contributed by atoms with E-state index < -0.39 is 5.60 Å². The Labute approximate surface area is 81.0 Å². The highest BCUT2D eigenvalue weighted by atomic mass is 32.1. The van der Waals surface area contributed by atoms with Crippen LogP contribution in [0.15, 0.2) is 0 Å². The summed E-state index contributed by atoms with van der Waals surface area (Å²) in [6.45, 7) is 6.40. The molecule has 0 spiro atoms.